The van der Waals surface area contributed by atoms with Crippen LogP contribution in [0, 0.1) is 6.92 Å². The van der Waals surface area contributed by atoms with Crippen LogP contribution in [0.25, 0.3) is 21.1 Å². The first-order valence-corrected chi connectivity index (χ1v) is 11.3. The zero-order valence-electron chi connectivity index (χ0n) is 17.2. The highest BCUT2D eigenvalue weighted by Gasteiger charge is 2.36. The zero-order valence-corrected chi connectivity index (χ0v) is 18.8. The third-order valence-electron chi connectivity index (χ3n) is 5.93. The Balaban J connectivity index is 1.62. The number of carbonyl (C=O) groups is 1. The maximum absolute atomic E-state index is 13.4. The van der Waals surface area contributed by atoms with Crippen LogP contribution in [0.2, 0.25) is 5.02 Å². The number of benzene rings is 2. The van der Waals surface area contributed by atoms with Gasteiger partial charge in [0.25, 0.3) is 0 Å². The summed E-state index contributed by atoms with van der Waals surface area (Å²) in [6.07, 6.45) is 0. The number of nitrogens with zero attached hydrogens (tertiary/aromatic N) is 3. The summed E-state index contributed by atoms with van der Waals surface area (Å²) in [5, 5.41) is 2.79. The van der Waals surface area contributed by atoms with Crippen LogP contribution >= 0.6 is 22.9 Å². The van der Waals surface area contributed by atoms with Crippen LogP contribution in [0.15, 0.2) is 36.4 Å². The van der Waals surface area contributed by atoms with E-state index < -0.39 is 0 Å². The summed E-state index contributed by atoms with van der Waals surface area (Å²) in [7, 11) is 1.88. The average molecular weight is 439 g/mol. The second-order valence-electron chi connectivity index (χ2n) is 7.96. The maximum Gasteiger partial charge on any atom is 0.231 e. The highest BCUT2D eigenvalue weighted by atomic mass is 35.5. The Labute approximate surface area is 184 Å². The predicted octanol–water partition coefficient (Wildman–Crippen LogP) is 5.32. The van der Waals surface area contributed by atoms with Gasteiger partial charge in [0.1, 0.15) is 0 Å². The Morgan fingerprint density at radius 3 is 2.97 bits per heavy atom. The van der Waals surface area contributed by atoms with Crippen LogP contribution in [0.5, 0.6) is 0 Å². The third kappa shape index (κ3) is 3.15. The molecule has 0 saturated heterocycles. The third-order valence-corrected chi connectivity index (χ3v) is 7.25. The lowest BCUT2D eigenvalue weighted by Gasteiger charge is -2.34. The molecule has 0 saturated carbocycles. The summed E-state index contributed by atoms with van der Waals surface area (Å²) in [6.45, 7) is 6.11. The number of hydrogen-bond acceptors (Lipinski definition) is 4. The van der Waals surface area contributed by atoms with Crippen LogP contribution in [0.4, 0.5) is 5.13 Å². The Bertz CT molecular complexity index is 1280. The Morgan fingerprint density at radius 2 is 2.17 bits per heavy atom. The molecule has 3 heterocycles. The fraction of sp³-hybridized carbons (Fsp3) is 0.304. The van der Waals surface area contributed by atoms with E-state index in [1.54, 1.807) is 11.3 Å². The number of amides is 1. The second-order valence-corrected chi connectivity index (χ2v) is 9.41. The molecule has 0 radical (unpaired) electrons. The number of carbonyl (C=O) groups excluding carboxylic acids is 1. The lowest BCUT2D eigenvalue weighted by atomic mass is 9.90. The molecule has 0 aliphatic carbocycles. The maximum atomic E-state index is 13.4. The van der Waals surface area contributed by atoms with Crippen LogP contribution in [0.3, 0.4) is 0 Å². The minimum Gasteiger partial charge on any atom is -0.357 e. The van der Waals surface area contributed by atoms with Crippen molar-refractivity contribution in [3.63, 3.8) is 0 Å². The molecule has 5 rings (SSSR count). The first-order valence-electron chi connectivity index (χ1n) is 10.1. The average Bonchev–Trinajstić information content (AvgIpc) is 3.32. The molecule has 7 heteroatoms. The van der Waals surface area contributed by atoms with E-state index in [0.717, 1.165) is 37.5 Å². The van der Waals surface area contributed by atoms with Crippen molar-refractivity contribution in [3.8, 4) is 0 Å². The van der Waals surface area contributed by atoms with Gasteiger partial charge in [-0.3, -0.25) is 4.79 Å². The van der Waals surface area contributed by atoms with Crippen LogP contribution in [0.1, 0.15) is 29.7 Å². The summed E-state index contributed by atoms with van der Waals surface area (Å²) >= 11 is 7.79. The van der Waals surface area contributed by atoms with Crippen molar-refractivity contribution in [1.82, 2.24) is 14.9 Å². The first-order chi connectivity index (χ1) is 14.4. The lowest BCUT2D eigenvalue weighted by Crippen LogP contribution is -2.41. The van der Waals surface area contributed by atoms with Gasteiger partial charge in [0, 0.05) is 41.8 Å². The van der Waals surface area contributed by atoms with Gasteiger partial charge in [-0.1, -0.05) is 34.6 Å². The summed E-state index contributed by atoms with van der Waals surface area (Å²) in [6, 6.07) is 12.2. The Morgan fingerprint density at radius 1 is 1.33 bits per heavy atom. The molecule has 1 atom stereocenters. The van der Waals surface area contributed by atoms with E-state index in [1.807, 2.05) is 37.1 Å². The van der Waals surface area contributed by atoms with Crippen molar-refractivity contribution >= 4 is 55.1 Å². The number of aryl methyl sites for hydroxylation is 1. The summed E-state index contributed by atoms with van der Waals surface area (Å²) in [5.74, 6) is -0.0835. The summed E-state index contributed by atoms with van der Waals surface area (Å²) in [5.41, 5.74) is 5.46. The van der Waals surface area contributed by atoms with Gasteiger partial charge < -0.3 is 14.8 Å². The van der Waals surface area contributed by atoms with E-state index in [4.69, 9.17) is 16.6 Å². The van der Waals surface area contributed by atoms with Gasteiger partial charge >= 0.3 is 0 Å². The highest BCUT2D eigenvalue weighted by Crippen LogP contribution is 2.40. The quantitative estimate of drug-likeness (QED) is 0.470. The number of nitrogens with one attached hydrogen (secondary N) is 1. The fourth-order valence-corrected chi connectivity index (χ4v) is 5.51. The van der Waals surface area contributed by atoms with Gasteiger partial charge in [-0.15, -0.1) is 0 Å². The van der Waals surface area contributed by atoms with E-state index in [2.05, 4.69) is 35.0 Å². The number of anilines is 1. The lowest BCUT2D eigenvalue weighted by molar-refractivity contribution is -0.131. The molecule has 0 fully saturated rings. The van der Waals surface area contributed by atoms with Crippen LogP contribution in [-0.2, 0) is 11.3 Å². The highest BCUT2D eigenvalue weighted by molar-refractivity contribution is 7.22. The number of aromatic amines is 1. The normalized spacial score (nSPS) is 16.3. The minimum atomic E-state index is -0.232. The molecule has 0 spiro atoms. The van der Waals surface area contributed by atoms with Crippen molar-refractivity contribution in [1.29, 1.82) is 0 Å². The molecule has 0 bridgehead atoms. The molecule has 2 aromatic carbocycles. The monoisotopic (exact) mass is 438 g/mol. The molecule has 1 N–H and O–H groups in total. The first kappa shape index (κ1) is 19.4. The van der Waals surface area contributed by atoms with Crippen molar-refractivity contribution in [2.75, 3.05) is 25.0 Å². The molecule has 154 valence electrons. The van der Waals surface area contributed by atoms with Gasteiger partial charge in [-0.25, -0.2) is 4.98 Å². The van der Waals surface area contributed by atoms with Gasteiger partial charge in [0.05, 0.1) is 22.7 Å². The zero-order chi connectivity index (χ0) is 21.0. The van der Waals surface area contributed by atoms with Crippen molar-refractivity contribution in [3.05, 3.63) is 58.2 Å². The predicted molar refractivity (Wildman–Crippen MR) is 125 cm³/mol. The smallest absolute Gasteiger partial charge is 0.231 e. The number of hydrogen-bond donors (Lipinski definition) is 1. The molecule has 1 amide bonds. The topological polar surface area (TPSA) is 52.2 Å². The second kappa shape index (κ2) is 7.29. The molecule has 1 unspecified atom stereocenters. The van der Waals surface area contributed by atoms with Gasteiger partial charge in [0.2, 0.25) is 5.91 Å². The van der Waals surface area contributed by atoms with Crippen molar-refractivity contribution in [2.45, 2.75) is 26.3 Å². The SMILES string of the molecule is CCN(C)C(=O)C1CN(c2nc3ccc(Cl)cc3s2)Cc2[nH]c3ccc(C)cc3c21. The minimum absolute atomic E-state index is 0.148. The van der Waals surface area contributed by atoms with E-state index in [0.29, 0.717) is 24.7 Å². The molecule has 4 aromatic rings. The summed E-state index contributed by atoms with van der Waals surface area (Å²) < 4.78 is 1.06. The largest absolute Gasteiger partial charge is 0.357 e. The van der Waals surface area contributed by atoms with Crippen molar-refractivity contribution < 1.29 is 4.79 Å². The molecule has 2 aromatic heterocycles. The van der Waals surface area contributed by atoms with Gasteiger partial charge in [-0.2, -0.15) is 0 Å². The number of thiazole rings is 1. The Kier molecular flexibility index (Phi) is 4.71. The van der Waals surface area contributed by atoms with E-state index in [1.165, 1.54) is 5.56 Å². The van der Waals surface area contributed by atoms with Gasteiger partial charge in [0.15, 0.2) is 5.13 Å². The van der Waals surface area contributed by atoms with Gasteiger partial charge in [-0.05, 0) is 49.7 Å². The standard InChI is InChI=1S/C23H23ClN4OS/c1-4-27(3)22(29)16-11-28(23-26-18-8-6-14(24)10-20(18)30-23)12-19-21(16)15-9-13(2)5-7-17(15)25-19/h5-10,16,25H,4,11-12H2,1-3H3. The molecular formula is C23H23ClN4OS. The molecule has 1 aliphatic rings. The molecule has 5 nitrogen and oxygen atoms in total. The van der Waals surface area contributed by atoms with E-state index >= 15 is 0 Å². The number of fused-ring (bicyclic) bond motifs is 4. The van der Waals surface area contributed by atoms with Crippen LogP contribution < -0.4 is 4.90 Å². The van der Waals surface area contributed by atoms with Crippen LogP contribution in [-0.4, -0.2) is 40.9 Å². The molecular weight excluding hydrogens is 416 g/mol. The number of rotatable bonds is 3. The molecule has 30 heavy (non-hydrogen) atoms. The molecule has 1 aliphatic heterocycles. The fourth-order valence-electron chi connectivity index (χ4n) is 4.26. The number of likely N-dealkylation sites (N-methyl/N-ethyl adjacent to an activating group) is 1. The summed E-state index contributed by atoms with van der Waals surface area (Å²) in [4.78, 5) is 25.8. The van der Waals surface area contributed by atoms with E-state index in [9.17, 15) is 4.79 Å². The Hall–Kier alpha value is -2.57. The number of H-pyrrole nitrogens is 1. The van der Waals surface area contributed by atoms with E-state index in [-0.39, 0.29) is 11.8 Å². The van der Waals surface area contributed by atoms with Crippen molar-refractivity contribution in [2.24, 2.45) is 0 Å². The number of halogens is 1. The number of aromatic nitrogens is 2.